The second-order valence-corrected chi connectivity index (χ2v) is 5.34. The molecule has 1 saturated carbocycles. The van der Waals surface area contributed by atoms with E-state index in [0.717, 1.165) is 18.4 Å². The third-order valence-electron chi connectivity index (χ3n) is 3.93. The molecular formula is C13H19ClN2O. The van der Waals surface area contributed by atoms with E-state index in [2.05, 4.69) is 17.8 Å². The van der Waals surface area contributed by atoms with Crippen LogP contribution in [-0.4, -0.2) is 30.9 Å². The molecule has 17 heavy (non-hydrogen) atoms. The van der Waals surface area contributed by atoms with Crippen LogP contribution in [-0.2, 0) is 4.79 Å². The monoisotopic (exact) mass is 254 g/mol. The molecule has 0 aromatic rings. The summed E-state index contributed by atoms with van der Waals surface area (Å²) in [6.45, 7) is 2.14. The predicted octanol–water partition coefficient (Wildman–Crippen LogP) is 2.10. The Kier molecular flexibility index (Phi) is 3.59. The van der Waals surface area contributed by atoms with Gasteiger partial charge in [-0.2, -0.15) is 0 Å². The summed E-state index contributed by atoms with van der Waals surface area (Å²) in [6, 6.07) is 0.274. The Morgan fingerprint density at radius 2 is 2.12 bits per heavy atom. The van der Waals surface area contributed by atoms with Gasteiger partial charge in [-0.15, -0.1) is 0 Å². The van der Waals surface area contributed by atoms with Crippen molar-refractivity contribution in [1.82, 2.24) is 9.74 Å². The second-order valence-electron chi connectivity index (χ2n) is 5.12. The van der Waals surface area contributed by atoms with Crippen molar-refractivity contribution in [1.29, 1.82) is 0 Å². The van der Waals surface area contributed by atoms with Gasteiger partial charge < -0.3 is 4.90 Å². The fourth-order valence-corrected chi connectivity index (χ4v) is 3.15. The third-order valence-corrected chi connectivity index (χ3v) is 4.19. The van der Waals surface area contributed by atoms with Gasteiger partial charge in [-0.1, -0.05) is 19.1 Å². The highest BCUT2D eigenvalue weighted by Crippen LogP contribution is 2.42. The molecule has 0 spiro atoms. The highest BCUT2D eigenvalue weighted by atomic mass is 35.5. The summed E-state index contributed by atoms with van der Waals surface area (Å²) in [4.78, 5) is 16.5. The molecule has 3 unspecified atom stereocenters. The quantitative estimate of drug-likeness (QED) is 0.766. The van der Waals surface area contributed by atoms with Crippen molar-refractivity contribution < 1.29 is 4.79 Å². The Morgan fingerprint density at radius 3 is 2.71 bits per heavy atom. The van der Waals surface area contributed by atoms with Crippen LogP contribution in [0.25, 0.3) is 0 Å². The standard InChI is InChI=1S/C13H19ClN2O/c1-8-9-6-7-12(15-14)11(9)5-4-10(8)13(17)16(2)3/h4-5,8-9,12,15H,6-7H2,1-3H3. The molecule has 3 atom stereocenters. The lowest BCUT2D eigenvalue weighted by molar-refractivity contribution is -0.125. The van der Waals surface area contributed by atoms with Gasteiger partial charge in [-0.05, 0) is 42.0 Å². The van der Waals surface area contributed by atoms with Crippen molar-refractivity contribution in [3.63, 3.8) is 0 Å². The van der Waals surface area contributed by atoms with Crippen molar-refractivity contribution in [2.45, 2.75) is 25.8 Å². The molecule has 2 aliphatic rings. The van der Waals surface area contributed by atoms with Gasteiger partial charge in [0.05, 0.1) is 0 Å². The van der Waals surface area contributed by atoms with Crippen LogP contribution in [0.2, 0.25) is 0 Å². The van der Waals surface area contributed by atoms with Crippen LogP contribution in [0.15, 0.2) is 23.3 Å². The van der Waals surface area contributed by atoms with E-state index in [1.54, 1.807) is 19.0 Å². The first-order valence-electron chi connectivity index (χ1n) is 6.05. The maximum Gasteiger partial charge on any atom is 0.249 e. The number of amides is 1. The van der Waals surface area contributed by atoms with Crippen molar-refractivity contribution in [2.75, 3.05) is 14.1 Å². The molecule has 0 aliphatic heterocycles. The number of allylic oxidation sites excluding steroid dienone is 2. The lowest BCUT2D eigenvalue weighted by atomic mass is 9.79. The molecule has 0 aromatic heterocycles. The number of halogens is 1. The largest absolute Gasteiger partial charge is 0.345 e. The lowest BCUT2D eigenvalue weighted by Gasteiger charge is -2.29. The molecule has 2 rings (SSSR count). The predicted molar refractivity (Wildman–Crippen MR) is 69.5 cm³/mol. The van der Waals surface area contributed by atoms with Crippen molar-refractivity contribution in [3.05, 3.63) is 23.3 Å². The molecule has 1 N–H and O–H groups in total. The van der Waals surface area contributed by atoms with Crippen LogP contribution < -0.4 is 4.84 Å². The summed E-state index contributed by atoms with van der Waals surface area (Å²) in [5.41, 5.74) is 2.27. The van der Waals surface area contributed by atoms with E-state index in [1.807, 2.05) is 6.08 Å². The van der Waals surface area contributed by atoms with Crippen molar-refractivity contribution >= 4 is 17.7 Å². The summed E-state index contributed by atoms with van der Waals surface area (Å²) in [5.74, 6) is 0.880. The van der Waals surface area contributed by atoms with Gasteiger partial charge in [-0.25, -0.2) is 4.84 Å². The van der Waals surface area contributed by atoms with E-state index < -0.39 is 0 Å². The Morgan fingerprint density at radius 1 is 1.41 bits per heavy atom. The first-order valence-corrected chi connectivity index (χ1v) is 6.43. The smallest absolute Gasteiger partial charge is 0.249 e. The van der Waals surface area contributed by atoms with Gasteiger partial charge in [0.15, 0.2) is 0 Å². The SMILES string of the molecule is CC1C(C(=O)N(C)C)=CC=C2C(NCl)CCC21. The number of carbonyl (C=O) groups excluding carboxylic acids is 1. The van der Waals surface area contributed by atoms with Crippen LogP contribution >= 0.6 is 11.8 Å². The molecule has 2 aliphatic carbocycles. The average Bonchev–Trinajstić information content (AvgIpc) is 2.72. The Labute approximate surface area is 108 Å². The fraction of sp³-hybridized carbons (Fsp3) is 0.615. The van der Waals surface area contributed by atoms with Gasteiger partial charge in [0.25, 0.3) is 0 Å². The van der Waals surface area contributed by atoms with Crippen LogP contribution in [0, 0.1) is 11.8 Å². The fourth-order valence-electron chi connectivity index (χ4n) is 2.91. The van der Waals surface area contributed by atoms with E-state index >= 15 is 0 Å². The minimum absolute atomic E-state index is 0.120. The normalized spacial score (nSPS) is 31.6. The van der Waals surface area contributed by atoms with Gasteiger partial charge in [0.1, 0.15) is 0 Å². The molecule has 94 valence electrons. The number of hydrogen-bond acceptors (Lipinski definition) is 2. The van der Waals surface area contributed by atoms with E-state index in [-0.39, 0.29) is 11.9 Å². The Bertz CT molecular complexity index is 387. The molecule has 0 radical (unpaired) electrons. The number of nitrogens with zero attached hydrogens (tertiary/aromatic N) is 1. The van der Waals surface area contributed by atoms with E-state index in [4.69, 9.17) is 11.8 Å². The van der Waals surface area contributed by atoms with Gasteiger partial charge >= 0.3 is 0 Å². The molecule has 0 aromatic carbocycles. The summed E-state index contributed by atoms with van der Waals surface area (Å²) in [6.07, 6.45) is 6.21. The molecule has 1 fully saturated rings. The topological polar surface area (TPSA) is 32.3 Å². The number of fused-ring (bicyclic) bond motifs is 1. The Hall–Kier alpha value is -0.800. The average molecular weight is 255 g/mol. The number of hydrogen-bond donors (Lipinski definition) is 1. The highest BCUT2D eigenvalue weighted by Gasteiger charge is 2.38. The number of nitrogens with one attached hydrogen (secondary N) is 1. The molecule has 3 nitrogen and oxygen atoms in total. The second kappa shape index (κ2) is 4.83. The number of carbonyl (C=O) groups is 1. The molecule has 0 bridgehead atoms. The number of likely N-dealkylation sites (N-methyl/N-ethyl adjacent to an activating group) is 1. The zero-order valence-electron chi connectivity index (χ0n) is 10.5. The minimum Gasteiger partial charge on any atom is -0.345 e. The van der Waals surface area contributed by atoms with Crippen molar-refractivity contribution in [2.24, 2.45) is 11.8 Å². The van der Waals surface area contributed by atoms with E-state index in [0.29, 0.717) is 11.8 Å². The van der Waals surface area contributed by atoms with Crippen LogP contribution in [0.1, 0.15) is 19.8 Å². The summed E-state index contributed by atoms with van der Waals surface area (Å²) in [5, 5.41) is 0. The van der Waals surface area contributed by atoms with Crippen molar-refractivity contribution in [3.8, 4) is 0 Å². The minimum atomic E-state index is 0.120. The first kappa shape index (κ1) is 12.7. The van der Waals surface area contributed by atoms with Crippen LogP contribution in [0.3, 0.4) is 0 Å². The first-order chi connectivity index (χ1) is 8.06. The maximum absolute atomic E-state index is 12.0. The van der Waals surface area contributed by atoms with Gasteiger partial charge in [0.2, 0.25) is 5.91 Å². The molecule has 0 heterocycles. The molecule has 0 saturated heterocycles. The molecule has 1 amide bonds. The lowest BCUT2D eigenvalue weighted by Crippen LogP contribution is -2.31. The maximum atomic E-state index is 12.0. The van der Waals surface area contributed by atoms with E-state index in [1.165, 1.54) is 5.57 Å². The summed E-state index contributed by atoms with van der Waals surface area (Å²) < 4.78 is 0. The molecule has 4 heteroatoms. The third kappa shape index (κ3) is 2.14. The summed E-state index contributed by atoms with van der Waals surface area (Å²) >= 11 is 5.74. The zero-order chi connectivity index (χ0) is 12.6. The molecular weight excluding hydrogens is 236 g/mol. The zero-order valence-corrected chi connectivity index (χ0v) is 11.3. The van der Waals surface area contributed by atoms with E-state index in [9.17, 15) is 4.79 Å². The highest BCUT2D eigenvalue weighted by molar-refractivity contribution is 6.13. The van der Waals surface area contributed by atoms with Gasteiger partial charge in [0, 0.05) is 25.7 Å². The van der Waals surface area contributed by atoms with Crippen LogP contribution in [0.5, 0.6) is 0 Å². The number of rotatable bonds is 2. The van der Waals surface area contributed by atoms with Crippen LogP contribution in [0.4, 0.5) is 0 Å². The summed E-state index contributed by atoms with van der Waals surface area (Å²) in [7, 11) is 3.60. The Balaban J connectivity index is 2.26. The van der Waals surface area contributed by atoms with Gasteiger partial charge in [-0.3, -0.25) is 4.79 Å².